The van der Waals surface area contributed by atoms with Crippen LogP contribution in [0.2, 0.25) is 0 Å². The molecule has 11 heteroatoms. The van der Waals surface area contributed by atoms with Crippen LogP contribution in [0.15, 0.2) is 48.5 Å². The summed E-state index contributed by atoms with van der Waals surface area (Å²) < 4.78 is 5.49. The Morgan fingerprint density at radius 1 is 0.976 bits per heavy atom. The second-order valence-corrected chi connectivity index (χ2v) is 12.3. The molecule has 3 aliphatic rings. The fourth-order valence-electron chi connectivity index (χ4n) is 6.10. The Bertz CT molecular complexity index is 1260. The van der Waals surface area contributed by atoms with E-state index in [0.29, 0.717) is 31.1 Å². The summed E-state index contributed by atoms with van der Waals surface area (Å²) in [5.41, 5.74) is 4.42. The highest BCUT2D eigenvalue weighted by molar-refractivity contribution is 8.00. The molecule has 42 heavy (non-hydrogen) atoms. The number of urea groups is 1. The van der Waals surface area contributed by atoms with Crippen molar-refractivity contribution in [3.8, 4) is 11.1 Å². The van der Waals surface area contributed by atoms with Crippen LogP contribution in [0.25, 0.3) is 11.1 Å². The molecule has 224 valence electrons. The zero-order valence-electron chi connectivity index (χ0n) is 23.5. The van der Waals surface area contributed by atoms with Crippen LogP contribution in [-0.2, 0) is 14.3 Å². The summed E-state index contributed by atoms with van der Waals surface area (Å²) in [6.07, 6.45) is 3.74. The number of benzene rings is 2. The van der Waals surface area contributed by atoms with Crippen molar-refractivity contribution >= 4 is 35.8 Å². The first-order chi connectivity index (χ1) is 20.4. The summed E-state index contributed by atoms with van der Waals surface area (Å²) in [5.74, 6) is -0.309. The number of fused-ring (bicyclic) bond motifs is 4. The van der Waals surface area contributed by atoms with E-state index in [2.05, 4.69) is 33.4 Å². The fourth-order valence-corrected chi connectivity index (χ4v) is 7.65. The number of aliphatic carboxylic acids is 1. The molecule has 10 nitrogen and oxygen atoms in total. The van der Waals surface area contributed by atoms with Gasteiger partial charge in [-0.1, -0.05) is 55.0 Å². The average molecular weight is 595 g/mol. The number of carbonyl (C=O) groups is 4. The number of alkyl carbamates (subject to hydrolysis) is 1. The molecule has 2 aliphatic heterocycles. The van der Waals surface area contributed by atoms with Gasteiger partial charge in [0.25, 0.3) is 0 Å². The Morgan fingerprint density at radius 2 is 1.69 bits per heavy atom. The molecule has 2 saturated heterocycles. The third kappa shape index (κ3) is 7.18. The number of rotatable bonds is 14. The van der Waals surface area contributed by atoms with Crippen molar-refractivity contribution in [1.82, 2.24) is 21.3 Å². The van der Waals surface area contributed by atoms with Gasteiger partial charge >= 0.3 is 18.1 Å². The van der Waals surface area contributed by atoms with Crippen LogP contribution in [-0.4, -0.2) is 71.4 Å². The van der Waals surface area contributed by atoms with E-state index < -0.39 is 18.1 Å². The van der Waals surface area contributed by atoms with Gasteiger partial charge in [0.05, 0.1) is 12.1 Å². The summed E-state index contributed by atoms with van der Waals surface area (Å²) in [4.78, 5) is 48.0. The molecule has 0 aromatic heterocycles. The minimum absolute atomic E-state index is 0.0191. The summed E-state index contributed by atoms with van der Waals surface area (Å²) in [7, 11) is 0. The highest BCUT2D eigenvalue weighted by atomic mass is 32.2. The lowest BCUT2D eigenvalue weighted by Gasteiger charge is -2.17. The minimum Gasteiger partial charge on any atom is -0.480 e. The average Bonchev–Trinajstić information content (AvgIpc) is 3.64. The van der Waals surface area contributed by atoms with Gasteiger partial charge in [-0.3, -0.25) is 4.79 Å². The normalized spacial score (nSPS) is 21.0. The molecule has 2 fully saturated rings. The summed E-state index contributed by atoms with van der Waals surface area (Å²) >= 11 is 1.87. The molecule has 0 spiro atoms. The highest BCUT2D eigenvalue weighted by Crippen LogP contribution is 2.44. The van der Waals surface area contributed by atoms with Crippen molar-refractivity contribution in [2.75, 3.05) is 18.9 Å². The maximum atomic E-state index is 12.5. The Morgan fingerprint density at radius 3 is 2.40 bits per heavy atom. The molecule has 2 aromatic carbocycles. The molecule has 2 heterocycles. The summed E-state index contributed by atoms with van der Waals surface area (Å²) in [6, 6.07) is 15.3. The van der Waals surface area contributed by atoms with Gasteiger partial charge in [0.15, 0.2) is 0 Å². The molecule has 4 atom stereocenters. The van der Waals surface area contributed by atoms with Crippen LogP contribution >= 0.6 is 11.8 Å². The van der Waals surface area contributed by atoms with Gasteiger partial charge in [0, 0.05) is 29.9 Å². The molecule has 0 unspecified atom stereocenters. The monoisotopic (exact) mass is 594 g/mol. The van der Waals surface area contributed by atoms with Crippen LogP contribution in [0, 0.1) is 0 Å². The molecule has 5 rings (SSSR count). The smallest absolute Gasteiger partial charge is 0.407 e. The van der Waals surface area contributed by atoms with E-state index >= 15 is 0 Å². The third-order valence-electron chi connectivity index (χ3n) is 8.26. The molecule has 4 amide bonds. The Hall–Kier alpha value is -3.73. The molecule has 2 aromatic rings. The van der Waals surface area contributed by atoms with Gasteiger partial charge in [0.1, 0.15) is 12.6 Å². The van der Waals surface area contributed by atoms with Crippen LogP contribution in [0.1, 0.15) is 62.0 Å². The van der Waals surface area contributed by atoms with E-state index in [1.807, 2.05) is 48.2 Å². The highest BCUT2D eigenvalue weighted by Gasteiger charge is 2.42. The summed E-state index contributed by atoms with van der Waals surface area (Å²) in [5, 5.41) is 21.3. The van der Waals surface area contributed by atoms with Gasteiger partial charge in [-0.15, -0.1) is 0 Å². The summed E-state index contributed by atoms with van der Waals surface area (Å²) in [6.45, 7) is 0.572. The Labute approximate surface area is 249 Å². The maximum absolute atomic E-state index is 12.5. The number of hydrogen-bond donors (Lipinski definition) is 5. The van der Waals surface area contributed by atoms with Crippen molar-refractivity contribution in [3.63, 3.8) is 0 Å². The lowest BCUT2D eigenvalue weighted by Crippen LogP contribution is -2.41. The van der Waals surface area contributed by atoms with E-state index in [1.165, 1.54) is 0 Å². The lowest BCUT2D eigenvalue weighted by atomic mass is 9.98. The largest absolute Gasteiger partial charge is 0.480 e. The number of ether oxygens (including phenoxy) is 1. The number of carboxylic acids is 1. The Kier molecular flexibility index (Phi) is 9.89. The number of carboxylic acid groups (broad SMARTS) is 1. The van der Waals surface area contributed by atoms with Crippen molar-refractivity contribution in [2.24, 2.45) is 0 Å². The predicted molar refractivity (Wildman–Crippen MR) is 160 cm³/mol. The van der Waals surface area contributed by atoms with Crippen molar-refractivity contribution in [2.45, 2.75) is 74.2 Å². The standard InChI is InChI=1S/C31H38N4O6S/c36-27(15-6-5-14-26-28-25(18-42-26)33-30(39)35-28)32-16-8-7-13-24(29(37)38)34-31(40)41-17-23-21-11-3-1-9-19(21)20-10-2-4-12-22(20)23/h1-4,9-12,23-26,28H,5-8,13-18H2,(H,32,36)(H,34,40)(H,37,38)(H2,33,35,39)/t24-,25+,26+,28+/m0/s1. The maximum Gasteiger partial charge on any atom is 0.407 e. The van der Waals surface area contributed by atoms with Gasteiger partial charge in [-0.25, -0.2) is 14.4 Å². The van der Waals surface area contributed by atoms with Gasteiger partial charge in [0.2, 0.25) is 5.91 Å². The van der Waals surface area contributed by atoms with E-state index in [9.17, 15) is 24.3 Å². The number of amides is 4. The number of hydrogen-bond acceptors (Lipinski definition) is 6. The molecule has 0 bridgehead atoms. The van der Waals surface area contributed by atoms with Gasteiger partial charge in [-0.05, 0) is 54.4 Å². The molecular weight excluding hydrogens is 556 g/mol. The zero-order valence-corrected chi connectivity index (χ0v) is 24.3. The van der Waals surface area contributed by atoms with Crippen molar-refractivity contribution in [1.29, 1.82) is 0 Å². The van der Waals surface area contributed by atoms with E-state index in [1.54, 1.807) is 0 Å². The van der Waals surface area contributed by atoms with Crippen molar-refractivity contribution in [3.05, 3.63) is 59.7 Å². The molecule has 0 radical (unpaired) electrons. The molecule has 0 saturated carbocycles. The van der Waals surface area contributed by atoms with Crippen LogP contribution in [0.5, 0.6) is 0 Å². The number of nitrogens with one attached hydrogen (secondary N) is 4. The quantitative estimate of drug-likeness (QED) is 0.164. The first-order valence-corrected chi connectivity index (χ1v) is 15.7. The van der Waals surface area contributed by atoms with E-state index in [0.717, 1.165) is 47.3 Å². The minimum atomic E-state index is -1.12. The van der Waals surface area contributed by atoms with Gasteiger partial charge < -0.3 is 31.1 Å². The number of unbranched alkanes of at least 4 members (excludes halogenated alkanes) is 2. The second kappa shape index (κ2) is 14.0. The Balaban J connectivity index is 0.954. The van der Waals surface area contributed by atoms with Crippen LogP contribution < -0.4 is 21.3 Å². The first kappa shape index (κ1) is 29.8. The van der Waals surface area contributed by atoms with E-state index in [-0.39, 0.29) is 43.0 Å². The van der Waals surface area contributed by atoms with E-state index in [4.69, 9.17) is 4.74 Å². The predicted octanol–water partition coefficient (Wildman–Crippen LogP) is 3.99. The molecule has 5 N–H and O–H groups in total. The first-order valence-electron chi connectivity index (χ1n) is 14.7. The topological polar surface area (TPSA) is 146 Å². The fraction of sp³-hybridized carbons (Fsp3) is 0.484. The number of carbonyl (C=O) groups excluding carboxylic acids is 3. The second-order valence-electron chi connectivity index (χ2n) is 11.1. The molecule has 1 aliphatic carbocycles. The SMILES string of the molecule is O=C(CCCC[C@H]1SC[C@H]2NC(=O)N[C@H]21)NCCCC[C@H](NC(=O)OCC1c2ccccc2-c2ccccc21)C(=O)O. The molecular formula is C31H38N4O6S. The third-order valence-corrected chi connectivity index (χ3v) is 9.76. The van der Waals surface area contributed by atoms with Gasteiger partial charge in [-0.2, -0.15) is 11.8 Å². The number of thioether (sulfide) groups is 1. The lowest BCUT2D eigenvalue weighted by molar-refractivity contribution is -0.139. The van der Waals surface area contributed by atoms with Crippen LogP contribution in [0.3, 0.4) is 0 Å². The van der Waals surface area contributed by atoms with Crippen LogP contribution in [0.4, 0.5) is 9.59 Å². The zero-order chi connectivity index (χ0) is 29.5. The van der Waals surface area contributed by atoms with Crippen molar-refractivity contribution < 1.29 is 29.0 Å².